The van der Waals surface area contributed by atoms with E-state index < -0.39 is 12.1 Å². The van der Waals surface area contributed by atoms with Crippen molar-refractivity contribution < 1.29 is 23.8 Å². The summed E-state index contributed by atoms with van der Waals surface area (Å²) in [6.07, 6.45) is -0.707. The first-order valence-corrected chi connectivity index (χ1v) is 11.5. The summed E-state index contributed by atoms with van der Waals surface area (Å²) in [4.78, 5) is 30.6. The van der Waals surface area contributed by atoms with Crippen molar-refractivity contribution in [3.8, 4) is 17.0 Å². The highest BCUT2D eigenvalue weighted by Crippen LogP contribution is 2.44. The number of carbonyl (C=O) groups excluding carboxylic acids is 2. The second-order valence-corrected chi connectivity index (χ2v) is 8.26. The lowest BCUT2D eigenvalue weighted by atomic mass is 9.98. The fraction of sp³-hybridized carbons (Fsp3) is 0.231. The Balaban J connectivity index is 1.52. The molecule has 3 aromatic rings. The Morgan fingerprint density at radius 2 is 1.66 bits per heavy atom. The summed E-state index contributed by atoms with van der Waals surface area (Å²) in [5.41, 5.74) is 10.9. The summed E-state index contributed by atoms with van der Waals surface area (Å²) >= 11 is 5.11. The smallest absolute Gasteiger partial charge is 0.416 e. The van der Waals surface area contributed by atoms with Crippen molar-refractivity contribution in [3.63, 3.8) is 0 Å². The van der Waals surface area contributed by atoms with Crippen LogP contribution in [0.4, 0.5) is 4.79 Å². The van der Waals surface area contributed by atoms with Crippen LogP contribution in [0.5, 0.6) is 5.88 Å². The fourth-order valence-electron chi connectivity index (χ4n) is 4.14. The number of methoxy groups -OCH3 is 1. The molecule has 2 aromatic carbocycles. The number of aromatic nitrogens is 1. The predicted molar refractivity (Wildman–Crippen MR) is 134 cm³/mol. The highest BCUT2D eigenvalue weighted by atomic mass is 32.1. The van der Waals surface area contributed by atoms with Crippen LogP contribution in [0.3, 0.4) is 0 Å². The van der Waals surface area contributed by atoms with Gasteiger partial charge in [0.05, 0.1) is 31.5 Å². The third-order valence-corrected chi connectivity index (χ3v) is 5.94. The Labute approximate surface area is 208 Å². The number of pyridine rings is 1. The number of ether oxygens (including phenoxy) is 3. The van der Waals surface area contributed by atoms with Crippen molar-refractivity contribution >= 4 is 29.4 Å². The number of hydrogen-bond donors (Lipinski definition) is 1. The van der Waals surface area contributed by atoms with Crippen LogP contribution >= 0.6 is 12.2 Å². The van der Waals surface area contributed by atoms with Gasteiger partial charge in [-0.15, -0.1) is 0 Å². The summed E-state index contributed by atoms with van der Waals surface area (Å²) in [5, 5.41) is -0.176. The molecule has 1 amide bonds. The Morgan fingerprint density at radius 3 is 2.23 bits per heavy atom. The van der Waals surface area contributed by atoms with Gasteiger partial charge in [-0.2, -0.15) is 0 Å². The van der Waals surface area contributed by atoms with Crippen LogP contribution in [0, 0.1) is 0 Å². The zero-order valence-electron chi connectivity index (χ0n) is 19.4. The van der Waals surface area contributed by atoms with Crippen LogP contribution in [0.2, 0.25) is 0 Å². The van der Waals surface area contributed by atoms with E-state index in [4.69, 9.17) is 32.2 Å². The number of hydrogen-bond acceptors (Lipinski definition) is 7. The minimum atomic E-state index is -0.707. The maximum Gasteiger partial charge on any atom is 0.416 e. The Kier molecular flexibility index (Phi) is 7.26. The minimum Gasteiger partial charge on any atom is -0.481 e. The lowest BCUT2D eigenvalue weighted by molar-refractivity contribution is 0.0525. The topological polar surface area (TPSA) is 104 Å². The molecule has 1 aromatic heterocycles. The van der Waals surface area contributed by atoms with Gasteiger partial charge in [0.1, 0.15) is 6.61 Å². The Morgan fingerprint density at radius 1 is 1.03 bits per heavy atom. The number of nitrogens with two attached hydrogens (primary N) is 1. The fourth-order valence-corrected chi connectivity index (χ4v) is 4.28. The Bertz CT molecular complexity index is 1230. The van der Waals surface area contributed by atoms with Crippen LogP contribution in [-0.2, 0) is 16.0 Å². The van der Waals surface area contributed by atoms with E-state index in [-0.39, 0.29) is 42.2 Å². The van der Waals surface area contributed by atoms with E-state index >= 15 is 0 Å². The number of esters is 1. The molecule has 4 rings (SSSR count). The number of benzene rings is 2. The molecule has 0 saturated carbocycles. The van der Waals surface area contributed by atoms with E-state index in [1.54, 1.807) is 6.92 Å². The first-order valence-electron chi connectivity index (χ1n) is 11.1. The molecule has 0 saturated heterocycles. The maximum atomic E-state index is 13.0. The number of amides is 1. The van der Waals surface area contributed by atoms with Crippen LogP contribution in [0.15, 0.2) is 60.7 Å². The van der Waals surface area contributed by atoms with Crippen molar-refractivity contribution in [3.05, 3.63) is 83.0 Å². The molecule has 1 heterocycles. The molecule has 2 N–H and O–H groups in total. The van der Waals surface area contributed by atoms with Gasteiger partial charge in [0.15, 0.2) is 5.11 Å². The van der Waals surface area contributed by atoms with Crippen LogP contribution in [-0.4, -0.2) is 47.4 Å². The van der Waals surface area contributed by atoms with Gasteiger partial charge >= 0.3 is 12.1 Å². The molecular weight excluding hydrogens is 466 g/mol. The van der Waals surface area contributed by atoms with Gasteiger partial charge in [0.25, 0.3) is 0 Å². The SMILES string of the molecule is CCOC(=O)c1cc(CN(C(=O)OCC2c3ccccc3-c3ccccc32)C(N)=S)nc(OC)c1. The first kappa shape index (κ1) is 24.2. The number of carbonyl (C=O) groups is 2. The van der Waals surface area contributed by atoms with Crippen molar-refractivity contribution in [1.29, 1.82) is 0 Å². The van der Waals surface area contributed by atoms with Crippen LogP contribution in [0.1, 0.15) is 40.0 Å². The lowest BCUT2D eigenvalue weighted by Gasteiger charge is -2.22. The molecule has 9 heteroatoms. The van der Waals surface area contributed by atoms with Gasteiger partial charge in [0, 0.05) is 12.0 Å². The zero-order chi connectivity index (χ0) is 24.9. The molecule has 35 heavy (non-hydrogen) atoms. The molecule has 0 radical (unpaired) electrons. The Hall–Kier alpha value is -3.98. The number of fused-ring (bicyclic) bond motifs is 3. The average Bonchev–Trinajstić information content (AvgIpc) is 3.19. The maximum absolute atomic E-state index is 13.0. The summed E-state index contributed by atoms with van der Waals surface area (Å²) in [6.45, 7) is 1.95. The predicted octanol–water partition coefficient (Wildman–Crippen LogP) is 4.26. The highest BCUT2D eigenvalue weighted by molar-refractivity contribution is 7.80. The van der Waals surface area contributed by atoms with Crippen molar-refractivity contribution in [2.45, 2.75) is 19.4 Å². The quantitative estimate of drug-likeness (QED) is 0.386. The first-order chi connectivity index (χ1) is 16.9. The molecule has 0 bridgehead atoms. The van der Waals surface area contributed by atoms with E-state index in [1.807, 2.05) is 36.4 Å². The summed E-state index contributed by atoms with van der Waals surface area (Å²) in [7, 11) is 1.43. The van der Waals surface area contributed by atoms with E-state index in [1.165, 1.54) is 19.2 Å². The minimum absolute atomic E-state index is 0.102. The number of rotatable bonds is 7. The molecule has 1 aliphatic carbocycles. The van der Waals surface area contributed by atoms with E-state index in [2.05, 4.69) is 17.1 Å². The summed E-state index contributed by atoms with van der Waals surface area (Å²) < 4.78 is 15.9. The molecule has 1 aliphatic rings. The zero-order valence-corrected chi connectivity index (χ0v) is 20.2. The number of thiocarbonyl (C=S) groups is 1. The van der Waals surface area contributed by atoms with E-state index in [0.717, 1.165) is 27.2 Å². The monoisotopic (exact) mass is 491 g/mol. The molecular formula is C26H25N3O5S. The molecule has 0 aliphatic heterocycles. The second-order valence-electron chi connectivity index (χ2n) is 7.84. The molecule has 0 atom stereocenters. The molecule has 180 valence electrons. The second kappa shape index (κ2) is 10.5. The standard InChI is InChI=1S/C26H25N3O5S/c1-3-33-24(30)16-12-17(28-23(13-16)32-2)14-29(25(27)35)26(31)34-15-22-20-10-6-4-8-18(20)19-9-5-7-11-21(19)22/h4-13,22H,3,14-15H2,1-2H3,(H2,27,35). The van der Waals surface area contributed by atoms with Gasteiger partial charge in [-0.25, -0.2) is 19.5 Å². The van der Waals surface area contributed by atoms with Gasteiger partial charge in [-0.05, 0) is 47.5 Å². The van der Waals surface area contributed by atoms with Crippen molar-refractivity contribution in [2.24, 2.45) is 5.73 Å². The van der Waals surface area contributed by atoms with Crippen molar-refractivity contribution in [2.75, 3.05) is 20.3 Å². The van der Waals surface area contributed by atoms with E-state index in [9.17, 15) is 9.59 Å². The average molecular weight is 492 g/mol. The van der Waals surface area contributed by atoms with Crippen LogP contribution < -0.4 is 10.5 Å². The van der Waals surface area contributed by atoms with Gasteiger partial charge in [-0.3, -0.25) is 0 Å². The van der Waals surface area contributed by atoms with Gasteiger partial charge < -0.3 is 19.9 Å². The van der Waals surface area contributed by atoms with Gasteiger partial charge in [-0.1, -0.05) is 48.5 Å². The largest absolute Gasteiger partial charge is 0.481 e. The molecule has 0 unspecified atom stereocenters. The summed E-state index contributed by atoms with van der Waals surface area (Å²) in [6, 6.07) is 19.1. The highest BCUT2D eigenvalue weighted by Gasteiger charge is 2.30. The molecule has 8 nitrogen and oxygen atoms in total. The van der Waals surface area contributed by atoms with Gasteiger partial charge in [0.2, 0.25) is 5.88 Å². The number of nitrogens with zero attached hydrogens (tertiary/aromatic N) is 2. The van der Waals surface area contributed by atoms with E-state index in [0.29, 0.717) is 5.69 Å². The normalized spacial score (nSPS) is 11.8. The molecule has 0 fully saturated rings. The lowest BCUT2D eigenvalue weighted by Crippen LogP contribution is -2.41. The third kappa shape index (κ3) is 5.09. The molecule has 0 spiro atoms. The van der Waals surface area contributed by atoms with Crippen LogP contribution in [0.25, 0.3) is 11.1 Å². The third-order valence-electron chi connectivity index (χ3n) is 5.72. The summed E-state index contributed by atoms with van der Waals surface area (Å²) in [5.74, 6) is -0.441. The van der Waals surface area contributed by atoms with Crippen molar-refractivity contribution in [1.82, 2.24) is 9.88 Å².